The number of hydrogen-bond donors (Lipinski definition) is 0. The minimum Gasteiger partial charge on any atom is -0.308 e. The third kappa shape index (κ3) is 3.75. The zero-order valence-electron chi connectivity index (χ0n) is 16.8. The van der Waals surface area contributed by atoms with Gasteiger partial charge < -0.3 is 4.90 Å². The number of anilines is 1. The Morgan fingerprint density at radius 1 is 1.10 bits per heavy atom. The maximum Gasteiger partial charge on any atom is 0.268 e. The van der Waals surface area contributed by atoms with Gasteiger partial charge in [0.05, 0.1) is 10.4 Å². The number of amides is 1. The summed E-state index contributed by atoms with van der Waals surface area (Å²) in [6.45, 7) is 7.09. The second-order valence-electron chi connectivity index (χ2n) is 7.48. The molecular formula is C24H23ClN2OS. The van der Waals surface area contributed by atoms with Gasteiger partial charge in [0.25, 0.3) is 5.91 Å². The molecule has 2 aromatic heterocycles. The van der Waals surface area contributed by atoms with Crippen molar-refractivity contribution in [2.24, 2.45) is 0 Å². The highest BCUT2D eigenvalue weighted by atomic mass is 35.5. The van der Waals surface area contributed by atoms with Crippen molar-refractivity contribution in [3.63, 3.8) is 0 Å². The molecule has 5 heteroatoms. The minimum absolute atomic E-state index is 0.00509. The molecule has 2 heterocycles. The van der Waals surface area contributed by atoms with Crippen LogP contribution in [0.2, 0.25) is 5.15 Å². The van der Waals surface area contributed by atoms with Crippen LogP contribution in [0.25, 0.3) is 21.0 Å². The van der Waals surface area contributed by atoms with Crippen molar-refractivity contribution >= 4 is 55.5 Å². The Labute approximate surface area is 179 Å². The van der Waals surface area contributed by atoms with Gasteiger partial charge in [-0.3, -0.25) is 4.79 Å². The van der Waals surface area contributed by atoms with Crippen molar-refractivity contribution in [1.82, 2.24) is 4.98 Å². The Bertz CT molecular complexity index is 1180. The predicted molar refractivity (Wildman–Crippen MR) is 125 cm³/mol. The molecule has 0 bridgehead atoms. The third-order valence-electron chi connectivity index (χ3n) is 5.10. The summed E-state index contributed by atoms with van der Waals surface area (Å²) >= 11 is 7.92. The fourth-order valence-electron chi connectivity index (χ4n) is 3.52. The third-order valence-corrected chi connectivity index (χ3v) is 6.54. The van der Waals surface area contributed by atoms with E-state index in [4.69, 9.17) is 11.6 Å². The van der Waals surface area contributed by atoms with Gasteiger partial charge >= 0.3 is 0 Å². The Balaban J connectivity index is 1.77. The first kappa shape index (κ1) is 19.9. The summed E-state index contributed by atoms with van der Waals surface area (Å²) < 4.78 is 1.01. The lowest BCUT2D eigenvalue weighted by Gasteiger charge is -2.22. The zero-order chi connectivity index (χ0) is 20.5. The lowest BCUT2D eigenvalue weighted by Crippen LogP contribution is -2.31. The van der Waals surface area contributed by atoms with Gasteiger partial charge in [0.2, 0.25) is 0 Å². The number of thiophene rings is 1. The van der Waals surface area contributed by atoms with Crippen LogP contribution in [0.15, 0.2) is 54.6 Å². The van der Waals surface area contributed by atoms with E-state index in [2.05, 4.69) is 37.9 Å². The van der Waals surface area contributed by atoms with Crippen molar-refractivity contribution in [2.45, 2.75) is 33.1 Å². The van der Waals surface area contributed by atoms with Crippen LogP contribution in [0.4, 0.5) is 5.69 Å². The van der Waals surface area contributed by atoms with Crippen LogP contribution in [-0.2, 0) is 0 Å². The summed E-state index contributed by atoms with van der Waals surface area (Å²) in [7, 11) is 0. The predicted octanol–water partition coefficient (Wildman–Crippen LogP) is 7.28. The highest BCUT2D eigenvalue weighted by Gasteiger charge is 2.21. The van der Waals surface area contributed by atoms with E-state index in [1.54, 1.807) is 0 Å². The molecule has 0 spiro atoms. The second kappa shape index (κ2) is 8.13. The summed E-state index contributed by atoms with van der Waals surface area (Å²) in [5.74, 6) is 0.468. The van der Waals surface area contributed by atoms with Crippen molar-refractivity contribution < 1.29 is 4.79 Å². The maximum atomic E-state index is 13.4. The molecule has 29 heavy (non-hydrogen) atoms. The fourth-order valence-corrected chi connectivity index (χ4v) is 4.96. The fraction of sp³-hybridized carbons (Fsp3) is 0.250. The van der Waals surface area contributed by atoms with Crippen molar-refractivity contribution in [2.75, 3.05) is 11.4 Å². The number of hydrogen-bond acceptors (Lipinski definition) is 3. The number of halogens is 1. The summed E-state index contributed by atoms with van der Waals surface area (Å²) in [4.78, 5) is 20.5. The standard InChI is InChI=1S/C24H23ClN2OS/c1-4-13-27(17-11-9-16(10-12-17)15(2)3)24(28)21-14-19-22(29-21)18-7-5-6-8-20(18)26-23(19)25/h5-12,14-15H,4,13H2,1-3H3. The first-order valence-electron chi connectivity index (χ1n) is 9.89. The molecule has 0 aliphatic carbocycles. The molecule has 0 fully saturated rings. The summed E-state index contributed by atoms with van der Waals surface area (Å²) in [5.41, 5.74) is 3.04. The number of para-hydroxylation sites is 1. The Kier molecular flexibility index (Phi) is 5.57. The molecule has 0 N–H and O–H groups in total. The first-order chi connectivity index (χ1) is 14.0. The molecule has 0 unspecified atom stereocenters. The molecule has 0 aliphatic heterocycles. The summed E-state index contributed by atoms with van der Waals surface area (Å²) in [6, 6.07) is 18.1. The SMILES string of the molecule is CCCN(C(=O)c1cc2c(Cl)nc3ccccc3c2s1)c1ccc(C(C)C)cc1. The average molecular weight is 423 g/mol. The highest BCUT2D eigenvalue weighted by molar-refractivity contribution is 7.22. The molecule has 148 valence electrons. The van der Waals surface area contributed by atoms with E-state index in [0.717, 1.165) is 33.1 Å². The molecule has 4 aromatic rings. The number of nitrogens with zero attached hydrogens (tertiary/aromatic N) is 2. The van der Waals surface area contributed by atoms with Crippen LogP contribution in [0, 0.1) is 0 Å². The van der Waals surface area contributed by atoms with E-state index >= 15 is 0 Å². The molecular weight excluding hydrogens is 400 g/mol. The second-order valence-corrected chi connectivity index (χ2v) is 8.89. The van der Waals surface area contributed by atoms with Gasteiger partial charge in [0.1, 0.15) is 5.15 Å². The number of fused-ring (bicyclic) bond motifs is 3. The lowest BCUT2D eigenvalue weighted by molar-refractivity contribution is 0.0991. The molecule has 0 atom stereocenters. The largest absolute Gasteiger partial charge is 0.308 e. The van der Waals surface area contributed by atoms with Gasteiger partial charge in [0.15, 0.2) is 0 Å². The van der Waals surface area contributed by atoms with Gasteiger partial charge in [-0.25, -0.2) is 4.98 Å². The molecule has 3 nitrogen and oxygen atoms in total. The number of carbonyl (C=O) groups is 1. The molecule has 0 radical (unpaired) electrons. The van der Waals surface area contributed by atoms with Crippen LogP contribution in [0.5, 0.6) is 0 Å². The number of aromatic nitrogens is 1. The molecule has 0 saturated carbocycles. The van der Waals surface area contributed by atoms with Gasteiger partial charge in [-0.15, -0.1) is 11.3 Å². The Hall–Kier alpha value is -2.43. The van der Waals surface area contributed by atoms with Gasteiger partial charge in [-0.2, -0.15) is 0 Å². The zero-order valence-corrected chi connectivity index (χ0v) is 18.3. The van der Waals surface area contributed by atoms with Crippen LogP contribution in [0.3, 0.4) is 0 Å². The van der Waals surface area contributed by atoms with Crippen molar-refractivity contribution in [3.8, 4) is 0 Å². The molecule has 1 amide bonds. The van der Waals surface area contributed by atoms with Crippen LogP contribution < -0.4 is 4.90 Å². The Morgan fingerprint density at radius 3 is 2.52 bits per heavy atom. The van der Waals surface area contributed by atoms with Gasteiger partial charge in [0, 0.05) is 27.7 Å². The van der Waals surface area contributed by atoms with Gasteiger partial charge in [-0.1, -0.05) is 62.7 Å². The number of benzene rings is 2. The topological polar surface area (TPSA) is 33.2 Å². The van der Waals surface area contributed by atoms with Crippen LogP contribution in [0.1, 0.15) is 48.3 Å². The summed E-state index contributed by atoms with van der Waals surface area (Å²) in [6.07, 6.45) is 0.883. The molecule has 0 saturated heterocycles. The van der Waals surface area contributed by atoms with E-state index in [9.17, 15) is 4.79 Å². The minimum atomic E-state index is 0.00509. The van der Waals surface area contributed by atoms with Gasteiger partial charge in [-0.05, 0) is 42.2 Å². The quantitative estimate of drug-likeness (QED) is 0.316. The highest BCUT2D eigenvalue weighted by Crippen LogP contribution is 2.36. The average Bonchev–Trinajstić information content (AvgIpc) is 3.18. The van der Waals surface area contributed by atoms with Crippen LogP contribution >= 0.6 is 22.9 Å². The van der Waals surface area contributed by atoms with Crippen molar-refractivity contribution in [1.29, 1.82) is 0 Å². The molecule has 4 rings (SSSR count). The normalized spacial score (nSPS) is 11.5. The molecule has 0 aliphatic rings. The number of rotatable bonds is 5. The smallest absolute Gasteiger partial charge is 0.268 e. The van der Waals surface area contributed by atoms with Crippen LogP contribution in [-0.4, -0.2) is 17.4 Å². The monoisotopic (exact) mass is 422 g/mol. The first-order valence-corrected chi connectivity index (χ1v) is 11.1. The number of pyridine rings is 1. The molecule has 2 aromatic carbocycles. The van der Waals surface area contributed by atoms with E-state index in [1.165, 1.54) is 16.9 Å². The maximum absolute atomic E-state index is 13.4. The van der Waals surface area contributed by atoms with E-state index < -0.39 is 0 Å². The summed E-state index contributed by atoms with van der Waals surface area (Å²) in [5, 5.41) is 2.31. The van der Waals surface area contributed by atoms with E-state index in [1.807, 2.05) is 47.4 Å². The lowest BCUT2D eigenvalue weighted by atomic mass is 10.0. The van der Waals surface area contributed by atoms with E-state index in [-0.39, 0.29) is 5.91 Å². The van der Waals surface area contributed by atoms with E-state index in [0.29, 0.717) is 22.5 Å². The number of carbonyl (C=O) groups excluding carboxylic acids is 1. The van der Waals surface area contributed by atoms with Crippen molar-refractivity contribution in [3.05, 3.63) is 70.2 Å². The Morgan fingerprint density at radius 2 is 1.83 bits per heavy atom.